The average Bonchev–Trinajstić information content (AvgIpc) is 2.75. The molecule has 2 heterocycles. The van der Waals surface area contributed by atoms with E-state index in [2.05, 4.69) is 22.3 Å². The SMILES string of the molecule is CCCN1CCCC(NCc2ccno2)CC1. The van der Waals surface area contributed by atoms with Crippen LogP contribution in [0.25, 0.3) is 0 Å². The predicted octanol–water partition coefficient (Wildman–Crippen LogP) is 2.03. The minimum atomic E-state index is 0.627. The minimum absolute atomic E-state index is 0.627. The summed E-state index contributed by atoms with van der Waals surface area (Å²) < 4.78 is 5.09. The second kappa shape index (κ2) is 6.77. The van der Waals surface area contributed by atoms with Crippen molar-refractivity contribution in [3.05, 3.63) is 18.0 Å². The van der Waals surface area contributed by atoms with Gasteiger partial charge in [0.25, 0.3) is 0 Å². The third kappa shape index (κ3) is 4.13. The summed E-state index contributed by atoms with van der Waals surface area (Å²) >= 11 is 0. The molecule has 1 aromatic heterocycles. The highest BCUT2D eigenvalue weighted by molar-refractivity contribution is 4.92. The van der Waals surface area contributed by atoms with Gasteiger partial charge in [-0.2, -0.15) is 0 Å². The van der Waals surface area contributed by atoms with Gasteiger partial charge in [-0.1, -0.05) is 12.1 Å². The highest BCUT2D eigenvalue weighted by Gasteiger charge is 2.16. The number of hydrogen-bond donors (Lipinski definition) is 1. The Bertz CT molecular complexity index is 300. The van der Waals surface area contributed by atoms with Crippen molar-refractivity contribution in [3.8, 4) is 0 Å². The summed E-state index contributed by atoms with van der Waals surface area (Å²) in [5, 5.41) is 7.28. The molecule has 0 saturated carbocycles. The molecular weight excluding hydrogens is 214 g/mol. The van der Waals surface area contributed by atoms with Gasteiger partial charge in [0.1, 0.15) is 5.76 Å². The maximum absolute atomic E-state index is 5.09. The molecule has 0 spiro atoms. The van der Waals surface area contributed by atoms with Gasteiger partial charge in [-0.25, -0.2) is 0 Å². The lowest BCUT2D eigenvalue weighted by atomic mass is 10.1. The lowest BCUT2D eigenvalue weighted by Gasteiger charge is -2.19. The van der Waals surface area contributed by atoms with Crippen molar-refractivity contribution in [2.24, 2.45) is 0 Å². The molecule has 1 unspecified atom stereocenters. The Kier molecular flexibility index (Phi) is 5.01. The fourth-order valence-electron chi connectivity index (χ4n) is 2.48. The van der Waals surface area contributed by atoms with Gasteiger partial charge in [0, 0.05) is 12.1 Å². The lowest BCUT2D eigenvalue weighted by molar-refractivity contribution is 0.281. The molecule has 96 valence electrons. The summed E-state index contributed by atoms with van der Waals surface area (Å²) in [7, 11) is 0. The molecule has 1 N–H and O–H groups in total. The van der Waals surface area contributed by atoms with Crippen LogP contribution in [0.4, 0.5) is 0 Å². The molecule has 1 saturated heterocycles. The summed E-state index contributed by atoms with van der Waals surface area (Å²) in [5.41, 5.74) is 0. The van der Waals surface area contributed by atoms with Gasteiger partial charge in [-0.15, -0.1) is 0 Å². The van der Waals surface area contributed by atoms with E-state index in [0.29, 0.717) is 6.04 Å². The van der Waals surface area contributed by atoms with Crippen LogP contribution in [0, 0.1) is 0 Å². The largest absolute Gasteiger partial charge is 0.360 e. The quantitative estimate of drug-likeness (QED) is 0.850. The third-order valence-corrected chi connectivity index (χ3v) is 3.42. The normalized spacial score (nSPS) is 22.5. The molecule has 1 aliphatic heterocycles. The van der Waals surface area contributed by atoms with Crippen molar-refractivity contribution in [1.82, 2.24) is 15.4 Å². The van der Waals surface area contributed by atoms with E-state index in [1.165, 1.54) is 45.3 Å². The first-order valence-electron chi connectivity index (χ1n) is 6.73. The van der Waals surface area contributed by atoms with Crippen LogP contribution in [0.2, 0.25) is 0 Å². The molecule has 4 heteroatoms. The topological polar surface area (TPSA) is 41.3 Å². The third-order valence-electron chi connectivity index (χ3n) is 3.42. The monoisotopic (exact) mass is 237 g/mol. The molecule has 1 atom stereocenters. The van der Waals surface area contributed by atoms with Gasteiger partial charge in [-0.3, -0.25) is 0 Å². The molecule has 1 fully saturated rings. The van der Waals surface area contributed by atoms with Gasteiger partial charge in [0.05, 0.1) is 12.7 Å². The van der Waals surface area contributed by atoms with Crippen molar-refractivity contribution in [1.29, 1.82) is 0 Å². The summed E-state index contributed by atoms with van der Waals surface area (Å²) in [5.74, 6) is 0.930. The molecular formula is C13H23N3O. The van der Waals surface area contributed by atoms with Crippen LogP contribution in [0.1, 0.15) is 38.4 Å². The number of rotatable bonds is 5. The summed E-state index contributed by atoms with van der Waals surface area (Å²) in [6.07, 6.45) is 6.78. The number of nitrogens with one attached hydrogen (secondary N) is 1. The molecule has 0 amide bonds. The second-order valence-electron chi connectivity index (χ2n) is 4.83. The molecule has 17 heavy (non-hydrogen) atoms. The molecule has 1 aliphatic rings. The van der Waals surface area contributed by atoms with Crippen molar-refractivity contribution in [2.75, 3.05) is 19.6 Å². The van der Waals surface area contributed by atoms with Crippen LogP contribution in [0.3, 0.4) is 0 Å². The van der Waals surface area contributed by atoms with E-state index in [9.17, 15) is 0 Å². The Morgan fingerprint density at radius 1 is 1.47 bits per heavy atom. The Morgan fingerprint density at radius 2 is 2.41 bits per heavy atom. The Hall–Kier alpha value is -0.870. The Morgan fingerprint density at radius 3 is 3.18 bits per heavy atom. The zero-order valence-electron chi connectivity index (χ0n) is 10.7. The van der Waals surface area contributed by atoms with Gasteiger partial charge in [-0.05, 0) is 45.3 Å². The number of nitrogens with zero attached hydrogens (tertiary/aromatic N) is 2. The maximum atomic E-state index is 5.09. The van der Waals surface area contributed by atoms with Crippen molar-refractivity contribution in [3.63, 3.8) is 0 Å². The van der Waals surface area contributed by atoms with Crippen molar-refractivity contribution >= 4 is 0 Å². The fraction of sp³-hybridized carbons (Fsp3) is 0.769. The predicted molar refractivity (Wildman–Crippen MR) is 67.7 cm³/mol. The van der Waals surface area contributed by atoms with Crippen LogP contribution in [-0.2, 0) is 6.54 Å². The Labute approximate surface area is 103 Å². The zero-order chi connectivity index (χ0) is 11.9. The first-order valence-corrected chi connectivity index (χ1v) is 6.73. The molecule has 0 aromatic carbocycles. The Balaban J connectivity index is 1.71. The molecule has 0 radical (unpaired) electrons. The number of likely N-dealkylation sites (tertiary alicyclic amines) is 1. The molecule has 0 aliphatic carbocycles. The summed E-state index contributed by atoms with van der Waals surface area (Å²) in [4.78, 5) is 2.58. The number of aromatic nitrogens is 1. The van der Waals surface area contributed by atoms with E-state index in [1.807, 2.05) is 6.07 Å². The van der Waals surface area contributed by atoms with Gasteiger partial charge in [0.2, 0.25) is 0 Å². The molecule has 4 nitrogen and oxygen atoms in total. The zero-order valence-corrected chi connectivity index (χ0v) is 10.7. The maximum Gasteiger partial charge on any atom is 0.150 e. The number of hydrogen-bond acceptors (Lipinski definition) is 4. The van der Waals surface area contributed by atoms with E-state index >= 15 is 0 Å². The lowest BCUT2D eigenvalue weighted by Crippen LogP contribution is -2.30. The molecule has 1 aromatic rings. The van der Waals surface area contributed by atoms with E-state index in [1.54, 1.807) is 6.20 Å². The minimum Gasteiger partial charge on any atom is -0.360 e. The highest BCUT2D eigenvalue weighted by atomic mass is 16.5. The van der Waals surface area contributed by atoms with Crippen LogP contribution in [0.15, 0.2) is 16.8 Å². The van der Waals surface area contributed by atoms with E-state index in [4.69, 9.17) is 4.52 Å². The van der Waals surface area contributed by atoms with Crippen LogP contribution < -0.4 is 5.32 Å². The van der Waals surface area contributed by atoms with Crippen LogP contribution >= 0.6 is 0 Å². The second-order valence-corrected chi connectivity index (χ2v) is 4.83. The molecule has 2 rings (SSSR count). The summed E-state index contributed by atoms with van der Waals surface area (Å²) in [6.45, 7) is 6.79. The van der Waals surface area contributed by atoms with E-state index in [0.717, 1.165) is 12.3 Å². The van der Waals surface area contributed by atoms with Crippen molar-refractivity contribution in [2.45, 2.75) is 45.2 Å². The van der Waals surface area contributed by atoms with E-state index in [-0.39, 0.29) is 0 Å². The smallest absolute Gasteiger partial charge is 0.150 e. The molecule has 0 bridgehead atoms. The van der Waals surface area contributed by atoms with Crippen LogP contribution in [-0.4, -0.2) is 35.7 Å². The van der Waals surface area contributed by atoms with Gasteiger partial charge >= 0.3 is 0 Å². The van der Waals surface area contributed by atoms with Gasteiger partial charge < -0.3 is 14.7 Å². The average molecular weight is 237 g/mol. The standard InChI is InChI=1S/C13H23N3O/c1-2-8-16-9-3-4-12(6-10-16)14-11-13-5-7-15-17-13/h5,7,12,14H,2-4,6,8-11H2,1H3. The first-order chi connectivity index (χ1) is 8.38. The summed E-state index contributed by atoms with van der Waals surface area (Å²) in [6, 6.07) is 2.55. The van der Waals surface area contributed by atoms with E-state index < -0.39 is 0 Å². The van der Waals surface area contributed by atoms with Crippen molar-refractivity contribution < 1.29 is 4.52 Å². The van der Waals surface area contributed by atoms with Gasteiger partial charge in [0.15, 0.2) is 0 Å². The van der Waals surface area contributed by atoms with Crippen LogP contribution in [0.5, 0.6) is 0 Å². The highest BCUT2D eigenvalue weighted by Crippen LogP contribution is 2.12. The first kappa shape index (κ1) is 12.6. The fourth-order valence-corrected chi connectivity index (χ4v) is 2.48.